The quantitative estimate of drug-likeness (QED) is 0.908. The molecule has 0 aromatic carbocycles. The summed E-state index contributed by atoms with van der Waals surface area (Å²) in [6, 6.07) is 6.02. The molecule has 5 heteroatoms. The highest BCUT2D eigenvalue weighted by molar-refractivity contribution is 5.76. The van der Waals surface area contributed by atoms with Crippen molar-refractivity contribution >= 4 is 11.2 Å². The van der Waals surface area contributed by atoms with Crippen LogP contribution < -0.4 is 10.1 Å². The summed E-state index contributed by atoms with van der Waals surface area (Å²) in [6.07, 6.45) is 5.94. The number of nitrogens with one attached hydrogen (secondary N) is 1. The molecule has 20 heavy (non-hydrogen) atoms. The van der Waals surface area contributed by atoms with Crippen molar-refractivity contribution in [1.82, 2.24) is 14.5 Å². The summed E-state index contributed by atoms with van der Waals surface area (Å²) in [4.78, 5) is 2.47. The molecule has 2 aromatic heterocycles. The van der Waals surface area contributed by atoms with Gasteiger partial charge in [-0.05, 0) is 38.1 Å². The lowest BCUT2D eigenvalue weighted by atomic mass is 10.1. The summed E-state index contributed by atoms with van der Waals surface area (Å²) >= 11 is 0. The Labute approximate surface area is 119 Å². The number of piperidine rings is 1. The van der Waals surface area contributed by atoms with Gasteiger partial charge in [-0.2, -0.15) is 0 Å². The fraction of sp³-hybridized carbons (Fsp3) is 0.533. The van der Waals surface area contributed by atoms with Crippen molar-refractivity contribution in [2.45, 2.75) is 19.3 Å². The lowest BCUT2D eigenvalue weighted by Crippen LogP contribution is -2.33. The van der Waals surface area contributed by atoms with Gasteiger partial charge in [0.2, 0.25) is 0 Å². The number of pyridine rings is 1. The number of anilines is 1. The third-order valence-electron chi connectivity index (χ3n) is 3.85. The molecule has 0 bridgehead atoms. The van der Waals surface area contributed by atoms with E-state index in [4.69, 9.17) is 4.74 Å². The first-order valence-electron chi connectivity index (χ1n) is 7.39. The van der Waals surface area contributed by atoms with Gasteiger partial charge in [0.1, 0.15) is 12.3 Å². The van der Waals surface area contributed by atoms with Gasteiger partial charge in [0, 0.05) is 19.8 Å². The van der Waals surface area contributed by atoms with Crippen LogP contribution in [0.4, 0.5) is 5.69 Å². The van der Waals surface area contributed by atoms with Crippen LogP contribution in [0.5, 0.6) is 5.88 Å². The van der Waals surface area contributed by atoms with Gasteiger partial charge in [-0.25, -0.2) is 4.52 Å². The summed E-state index contributed by atoms with van der Waals surface area (Å²) in [5.41, 5.74) is 2.01. The molecule has 1 saturated heterocycles. The molecule has 5 nitrogen and oxygen atoms in total. The Morgan fingerprint density at radius 3 is 2.90 bits per heavy atom. The van der Waals surface area contributed by atoms with E-state index >= 15 is 0 Å². The first kappa shape index (κ1) is 13.2. The van der Waals surface area contributed by atoms with E-state index in [2.05, 4.69) is 15.3 Å². The molecule has 0 amide bonds. The summed E-state index contributed by atoms with van der Waals surface area (Å²) in [5.74, 6) is 0.690. The molecule has 3 rings (SSSR count). The van der Waals surface area contributed by atoms with Crippen molar-refractivity contribution in [3.8, 4) is 5.88 Å². The highest BCUT2D eigenvalue weighted by atomic mass is 16.5. The van der Waals surface area contributed by atoms with Crippen LogP contribution >= 0.6 is 0 Å². The summed E-state index contributed by atoms with van der Waals surface area (Å²) in [7, 11) is 1.90. The standard InChI is InChI=1S/C15H22N4O/c1-16-14-13-7-3-6-10-19(13)17-15(14)20-12-11-18-8-4-2-5-9-18/h3,6-7,10,16H,2,4-5,8-9,11-12H2,1H3. The Morgan fingerprint density at radius 2 is 2.10 bits per heavy atom. The lowest BCUT2D eigenvalue weighted by Gasteiger charge is -2.25. The van der Waals surface area contributed by atoms with E-state index in [9.17, 15) is 0 Å². The Bertz CT molecular complexity index is 560. The van der Waals surface area contributed by atoms with Crippen molar-refractivity contribution in [1.29, 1.82) is 0 Å². The maximum Gasteiger partial charge on any atom is 0.257 e. The van der Waals surface area contributed by atoms with Gasteiger partial charge in [-0.3, -0.25) is 4.90 Å². The van der Waals surface area contributed by atoms with Gasteiger partial charge in [0.15, 0.2) is 0 Å². The Balaban J connectivity index is 1.64. The fourth-order valence-electron chi connectivity index (χ4n) is 2.77. The minimum Gasteiger partial charge on any atom is -0.474 e. The average Bonchev–Trinajstić information content (AvgIpc) is 2.86. The molecule has 0 atom stereocenters. The minimum atomic E-state index is 0.690. The average molecular weight is 274 g/mol. The number of ether oxygens (including phenoxy) is 1. The van der Waals surface area contributed by atoms with Crippen LogP contribution in [0.1, 0.15) is 19.3 Å². The second kappa shape index (κ2) is 6.13. The molecular formula is C15H22N4O. The van der Waals surface area contributed by atoms with Crippen molar-refractivity contribution in [3.05, 3.63) is 24.4 Å². The molecule has 0 unspecified atom stereocenters. The van der Waals surface area contributed by atoms with E-state index in [0.29, 0.717) is 12.5 Å². The summed E-state index contributed by atoms with van der Waals surface area (Å²) in [5, 5.41) is 7.66. The molecule has 1 N–H and O–H groups in total. The zero-order valence-electron chi connectivity index (χ0n) is 12.0. The number of hydrogen-bond donors (Lipinski definition) is 1. The van der Waals surface area contributed by atoms with Crippen molar-refractivity contribution in [2.75, 3.05) is 38.6 Å². The van der Waals surface area contributed by atoms with Crippen molar-refractivity contribution in [2.24, 2.45) is 0 Å². The SMILES string of the molecule is CNc1c(OCCN2CCCCC2)nn2ccccc12. The number of aromatic nitrogens is 2. The van der Waals surface area contributed by atoms with Crippen LogP contribution in [0.3, 0.4) is 0 Å². The molecule has 0 spiro atoms. The molecule has 108 valence electrons. The second-order valence-corrected chi connectivity index (χ2v) is 5.21. The molecular weight excluding hydrogens is 252 g/mol. The normalized spacial score (nSPS) is 16.4. The topological polar surface area (TPSA) is 41.8 Å². The molecule has 1 fully saturated rings. The smallest absolute Gasteiger partial charge is 0.257 e. The monoisotopic (exact) mass is 274 g/mol. The fourth-order valence-corrected chi connectivity index (χ4v) is 2.77. The van der Waals surface area contributed by atoms with Crippen LogP contribution in [0, 0.1) is 0 Å². The molecule has 1 aliphatic rings. The third kappa shape index (κ3) is 2.72. The zero-order valence-corrected chi connectivity index (χ0v) is 12.0. The van der Waals surface area contributed by atoms with E-state index in [1.807, 2.05) is 36.0 Å². The minimum absolute atomic E-state index is 0.690. The van der Waals surface area contributed by atoms with Gasteiger partial charge >= 0.3 is 0 Å². The maximum absolute atomic E-state index is 5.88. The predicted molar refractivity (Wildman–Crippen MR) is 80.5 cm³/mol. The van der Waals surface area contributed by atoms with Crippen LogP contribution in [0.2, 0.25) is 0 Å². The van der Waals surface area contributed by atoms with Gasteiger partial charge in [-0.15, -0.1) is 5.10 Å². The van der Waals surface area contributed by atoms with Gasteiger partial charge in [-0.1, -0.05) is 12.5 Å². The molecule has 3 heterocycles. The molecule has 1 aliphatic heterocycles. The predicted octanol–water partition coefficient (Wildman–Crippen LogP) is 2.24. The second-order valence-electron chi connectivity index (χ2n) is 5.21. The van der Waals surface area contributed by atoms with Crippen molar-refractivity contribution < 1.29 is 4.74 Å². The molecule has 0 radical (unpaired) electrons. The Morgan fingerprint density at radius 1 is 1.25 bits per heavy atom. The van der Waals surface area contributed by atoms with E-state index in [1.165, 1.54) is 32.4 Å². The van der Waals surface area contributed by atoms with Crippen LogP contribution in [0.15, 0.2) is 24.4 Å². The Kier molecular flexibility index (Phi) is 4.06. The highest BCUT2D eigenvalue weighted by Gasteiger charge is 2.14. The summed E-state index contributed by atoms with van der Waals surface area (Å²) in [6.45, 7) is 4.08. The molecule has 0 aliphatic carbocycles. The third-order valence-corrected chi connectivity index (χ3v) is 3.85. The van der Waals surface area contributed by atoms with Gasteiger partial charge < -0.3 is 10.1 Å². The number of rotatable bonds is 5. The van der Waals surface area contributed by atoms with E-state index in [-0.39, 0.29) is 0 Å². The lowest BCUT2D eigenvalue weighted by molar-refractivity contribution is 0.180. The van der Waals surface area contributed by atoms with Gasteiger partial charge in [0.25, 0.3) is 5.88 Å². The molecule has 2 aromatic rings. The van der Waals surface area contributed by atoms with Crippen LogP contribution in [0.25, 0.3) is 5.52 Å². The van der Waals surface area contributed by atoms with E-state index < -0.39 is 0 Å². The maximum atomic E-state index is 5.88. The Hall–Kier alpha value is -1.75. The van der Waals surface area contributed by atoms with Gasteiger partial charge in [0.05, 0.1) is 5.52 Å². The largest absolute Gasteiger partial charge is 0.474 e. The van der Waals surface area contributed by atoms with E-state index in [1.54, 1.807) is 0 Å². The van der Waals surface area contributed by atoms with Crippen LogP contribution in [-0.4, -0.2) is 47.8 Å². The number of hydrogen-bond acceptors (Lipinski definition) is 4. The zero-order chi connectivity index (χ0) is 13.8. The number of nitrogens with zero attached hydrogens (tertiary/aromatic N) is 3. The highest BCUT2D eigenvalue weighted by Crippen LogP contribution is 2.27. The van der Waals surface area contributed by atoms with Crippen LogP contribution in [-0.2, 0) is 0 Å². The molecule has 0 saturated carbocycles. The summed E-state index contributed by atoms with van der Waals surface area (Å²) < 4.78 is 7.73. The van der Waals surface area contributed by atoms with E-state index in [0.717, 1.165) is 17.7 Å². The number of likely N-dealkylation sites (tertiary alicyclic amines) is 1. The first-order valence-corrected chi connectivity index (χ1v) is 7.39. The number of fused-ring (bicyclic) bond motifs is 1. The first-order chi connectivity index (χ1) is 9.88. The van der Waals surface area contributed by atoms with Crippen molar-refractivity contribution in [3.63, 3.8) is 0 Å².